The highest BCUT2D eigenvalue weighted by Crippen LogP contribution is 2.39. The van der Waals surface area contributed by atoms with Crippen molar-refractivity contribution in [2.75, 3.05) is 5.43 Å². The maximum absolute atomic E-state index is 9.13. The molecule has 0 fully saturated rings. The Labute approximate surface area is 258 Å². The van der Waals surface area contributed by atoms with Crippen LogP contribution in [0, 0.1) is 5.41 Å². The Morgan fingerprint density at radius 3 is 1.89 bits per heavy atom. The van der Waals surface area contributed by atoms with Gasteiger partial charge in [0.1, 0.15) is 11.2 Å². The van der Waals surface area contributed by atoms with E-state index in [1.54, 1.807) is 0 Å². The summed E-state index contributed by atoms with van der Waals surface area (Å²) >= 11 is 0. The van der Waals surface area contributed by atoms with Crippen molar-refractivity contribution < 1.29 is 4.42 Å². The number of nitrogens with zero attached hydrogens (tertiary/aromatic N) is 2. The molecule has 0 aliphatic rings. The number of benzene rings is 7. The van der Waals surface area contributed by atoms with Gasteiger partial charge in [-0.1, -0.05) is 109 Å². The molecule has 9 aromatic rings. The first kappa shape index (κ1) is 25.3. The third kappa shape index (κ3) is 4.09. The number of aliphatic imine (C=N–C) groups is 1. The van der Waals surface area contributed by atoms with E-state index < -0.39 is 0 Å². The van der Waals surface area contributed by atoms with Crippen LogP contribution in [-0.4, -0.2) is 16.3 Å². The molecule has 2 aromatic heterocycles. The quantitative estimate of drug-likeness (QED) is 0.162. The Morgan fingerprint density at radius 1 is 0.533 bits per heavy atom. The first-order chi connectivity index (χ1) is 22.2. The second kappa shape index (κ2) is 9.93. The minimum Gasteiger partial charge on any atom is -0.456 e. The van der Waals surface area contributed by atoms with Crippen LogP contribution in [0.25, 0.3) is 65.3 Å². The second-order valence-corrected chi connectivity index (χ2v) is 11.3. The van der Waals surface area contributed by atoms with Gasteiger partial charge in [0.2, 0.25) is 0 Å². The highest BCUT2D eigenvalue weighted by molar-refractivity contribution is 6.27. The monoisotopic (exact) mass is 578 g/mol. The molecule has 45 heavy (non-hydrogen) atoms. The lowest BCUT2D eigenvalue weighted by Crippen LogP contribution is -2.25. The van der Waals surface area contributed by atoms with E-state index in [0.29, 0.717) is 5.84 Å². The highest BCUT2D eigenvalue weighted by Gasteiger charge is 2.19. The number of para-hydroxylation sites is 1. The van der Waals surface area contributed by atoms with Gasteiger partial charge < -0.3 is 4.42 Å². The predicted octanol–water partition coefficient (Wildman–Crippen LogP) is 10.0. The van der Waals surface area contributed by atoms with E-state index >= 15 is 0 Å². The van der Waals surface area contributed by atoms with Crippen molar-refractivity contribution >= 4 is 77.0 Å². The fraction of sp³-hybridized carbons (Fsp3) is 0. The Balaban J connectivity index is 1.28. The van der Waals surface area contributed by atoms with Gasteiger partial charge in [0.05, 0.1) is 16.4 Å². The van der Waals surface area contributed by atoms with Gasteiger partial charge in [-0.05, 0) is 63.3 Å². The molecule has 5 nitrogen and oxygen atoms in total. The largest absolute Gasteiger partial charge is 0.456 e. The van der Waals surface area contributed by atoms with Crippen LogP contribution in [0.3, 0.4) is 0 Å². The zero-order valence-electron chi connectivity index (χ0n) is 24.2. The van der Waals surface area contributed by atoms with Crippen molar-refractivity contribution in [2.45, 2.75) is 0 Å². The van der Waals surface area contributed by atoms with E-state index in [0.717, 1.165) is 76.4 Å². The number of amidine groups is 2. The summed E-state index contributed by atoms with van der Waals surface area (Å²) in [6, 6.07) is 49.5. The summed E-state index contributed by atoms with van der Waals surface area (Å²) in [6.45, 7) is 0. The molecule has 9 rings (SSSR count). The topological polar surface area (TPSA) is 66.3 Å². The fourth-order valence-electron chi connectivity index (χ4n) is 6.51. The zero-order valence-corrected chi connectivity index (χ0v) is 24.2. The van der Waals surface area contributed by atoms with Gasteiger partial charge in [0.15, 0.2) is 11.7 Å². The Kier molecular flexibility index (Phi) is 5.59. The van der Waals surface area contributed by atoms with E-state index in [-0.39, 0.29) is 5.84 Å². The van der Waals surface area contributed by atoms with Gasteiger partial charge in [-0.2, -0.15) is 0 Å². The van der Waals surface area contributed by atoms with Crippen LogP contribution in [0.5, 0.6) is 0 Å². The molecule has 5 heteroatoms. The molecule has 0 saturated heterocycles. The number of hydrogen-bond donors (Lipinski definition) is 2. The van der Waals surface area contributed by atoms with E-state index in [1.807, 2.05) is 72.8 Å². The third-order valence-corrected chi connectivity index (χ3v) is 8.66. The molecule has 0 radical (unpaired) electrons. The molecule has 0 spiro atoms. The third-order valence-electron chi connectivity index (χ3n) is 8.66. The summed E-state index contributed by atoms with van der Waals surface area (Å²) < 4.78 is 8.60. The SMILES string of the molecule is N=C(/N=C(\Nn1c2cccc3oc4ccccc4c4cccc1c4c32)c1ccc2ccccc2c1)c1ccc2ccccc2c1. The van der Waals surface area contributed by atoms with Gasteiger partial charge >= 0.3 is 0 Å². The average Bonchev–Trinajstić information content (AvgIpc) is 3.33. The summed E-state index contributed by atoms with van der Waals surface area (Å²) in [5.74, 6) is 0.754. The summed E-state index contributed by atoms with van der Waals surface area (Å²) in [5.41, 5.74) is 8.91. The molecule has 0 aliphatic heterocycles. The van der Waals surface area contributed by atoms with Crippen LogP contribution in [0.2, 0.25) is 0 Å². The average molecular weight is 579 g/mol. The van der Waals surface area contributed by atoms with Crippen LogP contribution in [0.1, 0.15) is 11.1 Å². The van der Waals surface area contributed by atoms with Gasteiger partial charge in [0, 0.05) is 21.9 Å². The van der Waals surface area contributed by atoms with Crippen LogP contribution >= 0.6 is 0 Å². The lowest BCUT2D eigenvalue weighted by atomic mass is 10.1. The summed E-state index contributed by atoms with van der Waals surface area (Å²) in [5, 5.41) is 17.9. The highest BCUT2D eigenvalue weighted by atomic mass is 16.3. The zero-order chi connectivity index (χ0) is 29.9. The van der Waals surface area contributed by atoms with Crippen LogP contribution in [0.15, 0.2) is 155 Å². The van der Waals surface area contributed by atoms with Gasteiger partial charge in [0.25, 0.3) is 0 Å². The minimum atomic E-state index is 0.178. The Morgan fingerprint density at radius 2 is 1.11 bits per heavy atom. The van der Waals surface area contributed by atoms with Crippen molar-refractivity contribution in [2.24, 2.45) is 4.99 Å². The molecule has 0 bridgehead atoms. The van der Waals surface area contributed by atoms with Crippen molar-refractivity contribution in [1.29, 1.82) is 5.41 Å². The van der Waals surface area contributed by atoms with Gasteiger partial charge in [-0.25, -0.2) is 4.99 Å². The van der Waals surface area contributed by atoms with Crippen LogP contribution in [-0.2, 0) is 0 Å². The van der Waals surface area contributed by atoms with Gasteiger partial charge in [-0.15, -0.1) is 0 Å². The van der Waals surface area contributed by atoms with Crippen molar-refractivity contribution in [3.63, 3.8) is 0 Å². The number of nitrogens with one attached hydrogen (secondary N) is 2. The van der Waals surface area contributed by atoms with Crippen molar-refractivity contribution in [1.82, 2.24) is 4.68 Å². The van der Waals surface area contributed by atoms with E-state index in [1.165, 1.54) is 0 Å². The number of fused-ring (bicyclic) bond motifs is 4. The molecule has 0 atom stereocenters. The summed E-state index contributed by atoms with van der Waals surface area (Å²) in [7, 11) is 0. The molecular formula is C40H26N4O. The predicted molar refractivity (Wildman–Crippen MR) is 187 cm³/mol. The maximum atomic E-state index is 9.13. The molecule has 0 unspecified atom stereocenters. The van der Waals surface area contributed by atoms with Crippen LogP contribution in [0.4, 0.5) is 0 Å². The normalized spacial score (nSPS) is 12.2. The molecule has 0 amide bonds. The van der Waals surface area contributed by atoms with E-state index in [2.05, 4.69) is 82.9 Å². The fourth-order valence-corrected chi connectivity index (χ4v) is 6.51. The van der Waals surface area contributed by atoms with Crippen molar-refractivity contribution in [3.05, 3.63) is 157 Å². The molecule has 0 saturated carbocycles. The lowest BCUT2D eigenvalue weighted by molar-refractivity contribution is 0.664. The first-order valence-corrected chi connectivity index (χ1v) is 15.0. The molecule has 7 aromatic carbocycles. The smallest absolute Gasteiger partial charge is 0.154 e. The lowest BCUT2D eigenvalue weighted by Gasteiger charge is -2.15. The first-order valence-electron chi connectivity index (χ1n) is 15.0. The van der Waals surface area contributed by atoms with E-state index in [9.17, 15) is 0 Å². The minimum absolute atomic E-state index is 0.178. The summed E-state index contributed by atoms with van der Waals surface area (Å²) in [6.07, 6.45) is 0. The summed E-state index contributed by atoms with van der Waals surface area (Å²) in [4.78, 5) is 4.97. The Bertz CT molecular complexity index is 2660. The number of aromatic nitrogens is 1. The number of hydrogen-bond acceptors (Lipinski definition) is 2. The molecule has 2 heterocycles. The van der Waals surface area contributed by atoms with Crippen molar-refractivity contribution in [3.8, 4) is 0 Å². The van der Waals surface area contributed by atoms with E-state index in [4.69, 9.17) is 14.8 Å². The molecule has 0 aliphatic carbocycles. The second-order valence-electron chi connectivity index (χ2n) is 11.3. The Hall–Kier alpha value is -6.20. The standard InChI is InChI=1S/C40H26N4O/c41-39(29-21-19-25-9-1-3-11-27(25)23-29)42-40(30-22-20-26-10-2-4-12-28(26)24-30)43-44-33-15-7-14-32-31-13-5-6-17-35(31)45-36-18-8-16-34(44)38(36)37(32)33/h1-24H,(H2,41,42,43). The molecular weight excluding hydrogens is 552 g/mol. The maximum Gasteiger partial charge on any atom is 0.154 e. The molecule has 2 N–H and O–H groups in total. The number of rotatable bonds is 3. The molecule has 212 valence electrons. The van der Waals surface area contributed by atoms with Gasteiger partial charge in [-0.3, -0.25) is 15.5 Å². The van der Waals surface area contributed by atoms with Crippen LogP contribution < -0.4 is 5.43 Å².